The maximum Gasteiger partial charge on any atom is 0.263 e. The van der Waals surface area contributed by atoms with Crippen molar-refractivity contribution in [3.05, 3.63) is 83.9 Å². The van der Waals surface area contributed by atoms with E-state index < -0.39 is 22.0 Å². The van der Waals surface area contributed by atoms with Crippen molar-refractivity contribution in [1.82, 2.24) is 5.43 Å². The van der Waals surface area contributed by atoms with E-state index in [1.165, 1.54) is 27.4 Å². The van der Waals surface area contributed by atoms with Crippen molar-refractivity contribution >= 4 is 27.8 Å². The quantitative estimate of drug-likeness (QED) is 0.312. The fraction of sp³-hybridized carbons (Fsp3) is 0.231. The molecular formula is C26H29N3O6S. The molecule has 0 fully saturated rings. The Morgan fingerprint density at radius 2 is 1.69 bits per heavy atom. The summed E-state index contributed by atoms with van der Waals surface area (Å²) in [5, 5.41) is 3.98. The number of methoxy groups -OCH3 is 2. The molecule has 0 saturated carbocycles. The molecule has 0 spiro atoms. The molecule has 1 atom stereocenters. The van der Waals surface area contributed by atoms with E-state index in [4.69, 9.17) is 14.2 Å². The minimum absolute atomic E-state index is 0.334. The molecule has 3 rings (SSSR count). The predicted molar refractivity (Wildman–Crippen MR) is 139 cm³/mol. The van der Waals surface area contributed by atoms with E-state index in [0.717, 1.165) is 16.1 Å². The third kappa shape index (κ3) is 6.98. The Labute approximate surface area is 211 Å². The molecule has 190 valence electrons. The number of rotatable bonds is 11. The number of sulfonamides is 1. The lowest BCUT2D eigenvalue weighted by Gasteiger charge is -2.27. The first-order valence-electron chi connectivity index (χ1n) is 11.0. The van der Waals surface area contributed by atoms with Crippen LogP contribution in [0.3, 0.4) is 0 Å². The number of hydrogen-bond donors (Lipinski definition) is 1. The number of carbonyl (C=O) groups excluding carboxylic acids is 1. The van der Waals surface area contributed by atoms with Crippen LogP contribution < -0.4 is 23.9 Å². The Bertz CT molecular complexity index is 1300. The van der Waals surface area contributed by atoms with Crippen LogP contribution in [0, 0.1) is 0 Å². The van der Waals surface area contributed by atoms with Crippen LogP contribution in [0.4, 0.5) is 5.69 Å². The SMILES string of the molecule is COc1ccc(N([C@H](C)C(=O)N/N=C\c2ccc(OCc3ccccc3)c(OC)c2)S(C)(=O)=O)cc1. The molecule has 0 aliphatic rings. The van der Waals surface area contributed by atoms with Gasteiger partial charge in [-0.25, -0.2) is 13.8 Å². The minimum atomic E-state index is -3.75. The lowest BCUT2D eigenvalue weighted by Crippen LogP contribution is -2.46. The molecule has 3 aromatic rings. The van der Waals surface area contributed by atoms with Crippen LogP contribution in [0.5, 0.6) is 17.2 Å². The van der Waals surface area contributed by atoms with E-state index in [1.54, 1.807) is 42.5 Å². The van der Waals surface area contributed by atoms with Gasteiger partial charge in [0.15, 0.2) is 11.5 Å². The summed E-state index contributed by atoms with van der Waals surface area (Å²) < 4.78 is 42.3. The monoisotopic (exact) mass is 511 g/mol. The van der Waals surface area contributed by atoms with Crippen molar-refractivity contribution in [2.24, 2.45) is 5.10 Å². The topological polar surface area (TPSA) is 107 Å². The predicted octanol–water partition coefficient (Wildman–Crippen LogP) is 3.59. The lowest BCUT2D eigenvalue weighted by molar-refractivity contribution is -0.121. The molecule has 9 nitrogen and oxygen atoms in total. The Morgan fingerprint density at radius 3 is 2.31 bits per heavy atom. The highest BCUT2D eigenvalue weighted by molar-refractivity contribution is 7.92. The maximum atomic E-state index is 12.7. The van der Waals surface area contributed by atoms with Gasteiger partial charge in [0, 0.05) is 0 Å². The number of nitrogens with one attached hydrogen (secondary N) is 1. The molecule has 0 radical (unpaired) electrons. The van der Waals surface area contributed by atoms with Gasteiger partial charge in [0.2, 0.25) is 10.0 Å². The fourth-order valence-electron chi connectivity index (χ4n) is 3.42. The van der Waals surface area contributed by atoms with E-state index in [0.29, 0.717) is 35.1 Å². The molecule has 0 heterocycles. The van der Waals surface area contributed by atoms with Crippen LogP contribution in [0.15, 0.2) is 77.9 Å². The van der Waals surface area contributed by atoms with Crippen molar-refractivity contribution < 1.29 is 27.4 Å². The zero-order valence-electron chi connectivity index (χ0n) is 20.5. The Kier molecular flexibility index (Phi) is 8.91. The summed E-state index contributed by atoms with van der Waals surface area (Å²) in [6.07, 6.45) is 2.48. The molecule has 0 aliphatic carbocycles. The third-order valence-electron chi connectivity index (χ3n) is 5.23. The summed E-state index contributed by atoms with van der Waals surface area (Å²) in [6, 6.07) is 20.3. The molecule has 0 bridgehead atoms. The zero-order chi connectivity index (χ0) is 26.1. The van der Waals surface area contributed by atoms with E-state index in [-0.39, 0.29) is 0 Å². The standard InChI is InChI=1S/C26H29N3O6S/c1-19(29(36(4,31)32)22-11-13-23(33-2)14-12-22)26(30)28-27-17-21-10-15-24(25(16-21)34-3)35-18-20-8-6-5-7-9-20/h5-17,19H,18H2,1-4H3,(H,28,30)/b27-17-/t19-/m1/s1. The zero-order valence-corrected chi connectivity index (χ0v) is 21.4. The van der Waals surface area contributed by atoms with Gasteiger partial charge in [0.05, 0.1) is 32.4 Å². The van der Waals surface area contributed by atoms with Crippen LogP contribution in [0.2, 0.25) is 0 Å². The van der Waals surface area contributed by atoms with Crippen LogP contribution in [0.1, 0.15) is 18.1 Å². The van der Waals surface area contributed by atoms with Crippen molar-refractivity contribution in [2.75, 3.05) is 24.8 Å². The van der Waals surface area contributed by atoms with Crippen molar-refractivity contribution in [3.8, 4) is 17.2 Å². The van der Waals surface area contributed by atoms with Crippen molar-refractivity contribution in [3.63, 3.8) is 0 Å². The number of hydrogen-bond acceptors (Lipinski definition) is 7. The number of nitrogens with zero attached hydrogens (tertiary/aromatic N) is 2. The van der Waals surface area contributed by atoms with Gasteiger partial charge in [0.25, 0.3) is 5.91 Å². The summed E-state index contributed by atoms with van der Waals surface area (Å²) >= 11 is 0. The molecule has 0 aromatic heterocycles. The second-order valence-electron chi connectivity index (χ2n) is 7.85. The largest absolute Gasteiger partial charge is 0.497 e. The molecule has 0 unspecified atom stereocenters. The Hall–Kier alpha value is -4.05. The average molecular weight is 512 g/mol. The highest BCUT2D eigenvalue weighted by Gasteiger charge is 2.29. The lowest BCUT2D eigenvalue weighted by atomic mass is 10.2. The molecule has 0 aliphatic heterocycles. The van der Waals surface area contributed by atoms with Crippen molar-refractivity contribution in [2.45, 2.75) is 19.6 Å². The number of ether oxygens (including phenoxy) is 3. The van der Waals surface area contributed by atoms with Crippen molar-refractivity contribution in [1.29, 1.82) is 0 Å². The second kappa shape index (κ2) is 12.1. The van der Waals surface area contributed by atoms with Gasteiger partial charge >= 0.3 is 0 Å². The summed E-state index contributed by atoms with van der Waals surface area (Å²) in [4.78, 5) is 12.7. The van der Waals surface area contributed by atoms with E-state index in [2.05, 4.69) is 10.5 Å². The molecular weight excluding hydrogens is 482 g/mol. The van der Waals surface area contributed by atoms with E-state index in [9.17, 15) is 13.2 Å². The van der Waals surface area contributed by atoms with Crippen LogP contribution in [-0.4, -0.2) is 47.1 Å². The molecule has 0 saturated heterocycles. The van der Waals surface area contributed by atoms with Gasteiger partial charge in [-0.15, -0.1) is 0 Å². The maximum absolute atomic E-state index is 12.7. The van der Waals surface area contributed by atoms with Gasteiger partial charge in [0.1, 0.15) is 18.4 Å². The molecule has 10 heteroatoms. The third-order valence-corrected chi connectivity index (χ3v) is 6.47. The van der Waals surface area contributed by atoms with Gasteiger partial charge in [-0.05, 0) is 60.5 Å². The molecule has 36 heavy (non-hydrogen) atoms. The van der Waals surface area contributed by atoms with Gasteiger partial charge < -0.3 is 14.2 Å². The van der Waals surface area contributed by atoms with Gasteiger partial charge in [-0.2, -0.15) is 5.10 Å². The van der Waals surface area contributed by atoms with Crippen LogP contribution >= 0.6 is 0 Å². The average Bonchev–Trinajstić information content (AvgIpc) is 2.88. The molecule has 1 N–H and O–H groups in total. The Morgan fingerprint density at radius 1 is 1.00 bits per heavy atom. The number of amides is 1. The first kappa shape index (κ1) is 26.6. The number of anilines is 1. The number of benzene rings is 3. The summed E-state index contributed by atoms with van der Waals surface area (Å²) in [5.74, 6) is 1.06. The minimum Gasteiger partial charge on any atom is -0.497 e. The number of carbonyl (C=O) groups is 1. The first-order valence-corrected chi connectivity index (χ1v) is 12.9. The molecule has 3 aromatic carbocycles. The van der Waals surface area contributed by atoms with Gasteiger partial charge in [-0.1, -0.05) is 30.3 Å². The second-order valence-corrected chi connectivity index (χ2v) is 9.71. The molecule has 1 amide bonds. The Balaban J connectivity index is 1.67. The van der Waals surface area contributed by atoms with Gasteiger partial charge in [-0.3, -0.25) is 9.10 Å². The highest BCUT2D eigenvalue weighted by Crippen LogP contribution is 2.28. The smallest absolute Gasteiger partial charge is 0.263 e. The first-order chi connectivity index (χ1) is 17.2. The van der Waals surface area contributed by atoms with Crippen LogP contribution in [0.25, 0.3) is 0 Å². The summed E-state index contributed by atoms with van der Waals surface area (Å²) in [7, 11) is -0.701. The summed E-state index contributed by atoms with van der Waals surface area (Å²) in [6.45, 7) is 1.88. The van der Waals surface area contributed by atoms with E-state index >= 15 is 0 Å². The van der Waals surface area contributed by atoms with Crippen LogP contribution in [-0.2, 0) is 21.4 Å². The summed E-state index contributed by atoms with van der Waals surface area (Å²) in [5.41, 5.74) is 4.42. The highest BCUT2D eigenvalue weighted by atomic mass is 32.2. The number of hydrazone groups is 1. The van der Waals surface area contributed by atoms with E-state index in [1.807, 2.05) is 30.3 Å². The normalized spacial score (nSPS) is 12.1. The fourth-order valence-corrected chi connectivity index (χ4v) is 4.60.